The van der Waals surface area contributed by atoms with Crippen molar-refractivity contribution in [2.75, 3.05) is 13.2 Å². The third-order valence-corrected chi connectivity index (χ3v) is 4.76. The zero-order chi connectivity index (χ0) is 16.4. The summed E-state index contributed by atoms with van der Waals surface area (Å²) in [5, 5.41) is 12.9. The summed E-state index contributed by atoms with van der Waals surface area (Å²) < 4.78 is 5.51. The van der Waals surface area contributed by atoms with Crippen molar-refractivity contribution < 1.29 is 9.53 Å². The number of rotatable bonds is 5. The van der Waals surface area contributed by atoms with Crippen LogP contribution in [-0.4, -0.2) is 34.2 Å². The summed E-state index contributed by atoms with van der Waals surface area (Å²) in [4.78, 5) is 16.4. The summed E-state index contributed by atoms with van der Waals surface area (Å²) in [6, 6.07) is 7.77. The van der Waals surface area contributed by atoms with Crippen molar-refractivity contribution in [1.82, 2.24) is 20.5 Å². The summed E-state index contributed by atoms with van der Waals surface area (Å²) in [6.45, 7) is 1.28. The molecule has 0 atom stereocenters. The van der Waals surface area contributed by atoms with Gasteiger partial charge in [-0.25, -0.2) is 4.98 Å². The average molecular weight is 340 g/mol. The number of hydrogen-bond acceptors (Lipinski definition) is 5. The van der Waals surface area contributed by atoms with Gasteiger partial charge in [0.25, 0.3) is 5.91 Å². The first-order valence-electron chi connectivity index (χ1n) is 7.78. The van der Waals surface area contributed by atoms with E-state index in [9.17, 15) is 4.79 Å². The molecule has 7 heteroatoms. The predicted octanol–water partition coefficient (Wildman–Crippen LogP) is 2.44. The molecule has 0 aliphatic carbocycles. The molecule has 1 aliphatic heterocycles. The van der Waals surface area contributed by atoms with Crippen LogP contribution in [0, 0.1) is 0 Å². The Morgan fingerprint density at radius 2 is 2.33 bits per heavy atom. The first-order chi connectivity index (χ1) is 11.8. The maximum atomic E-state index is 12.2. The van der Waals surface area contributed by atoms with Crippen molar-refractivity contribution >= 4 is 17.2 Å². The number of thiazole rings is 1. The van der Waals surface area contributed by atoms with E-state index in [1.54, 1.807) is 23.6 Å². The standard InChI is InChI=1S/C17H16N4O2S/c22-17(19-5-3-16-18-6-8-24-16)14-10-13(20-21-14)11-1-2-15-12(9-11)4-7-23-15/h1-2,6,8-10H,3-5,7H2,(H,19,22)(H,20,21). The number of carbonyl (C=O) groups is 1. The van der Waals surface area contributed by atoms with Gasteiger partial charge >= 0.3 is 0 Å². The monoisotopic (exact) mass is 340 g/mol. The molecule has 2 aromatic heterocycles. The molecule has 0 spiro atoms. The van der Waals surface area contributed by atoms with Crippen LogP contribution in [0.2, 0.25) is 0 Å². The molecule has 3 heterocycles. The zero-order valence-electron chi connectivity index (χ0n) is 12.9. The van der Waals surface area contributed by atoms with Crippen LogP contribution in [0.5, 0.6) is 5.75 Å². The molecular formula is C17H16N4O2S. The molecular weight excluding hydrogens is 324 g/mol. The lowest BCUT2D eigenvalue weighted by molar-refractivity contribution is 0.0949. The van der Waals surface area contributed by atoms with Crippen LogP contribution >= 0.6 is 11.3 Å². The Hall–Kier alpha value is -2.67. The van der Waals surface area contributed by atoms with Crippen LogP contribution in [0.4, 0.5) is 0 Å². The van der Waals surface area contributed by atoms with E-state index in [2.05, 4.69) is 26.6 Å². The minimum atomic E-state index is -0.158. The van der Waals surface area contributed by atoms with Crippen LogP contribution in [0.25, 0.3) is 11.3 Å². The van der Waals surface area contributed by atoms with Crippen LogP contribution in [-0.2, 0) is 12.8 Å². The van der Waals surface area contributed by atoms with Gasteiger partial charge in [-0.05, 0) is 29.8 Å². The van der Waals surface area contributed by atoms with Crippen LogP contribution in [0.1, 0.15) is 21.1 Å². The topological polar surface area (TPSA) is 79.9 Å². The van der Waals surface area contributed by atoms with E-state index in [0.717, 1.165) is 41.5 Å². The number of hydrogen-bond donors (Lipinski definition) is 2. The number of aromatic nitrogens is 3. The fourth-order valence-electron chi connectivity index (χ4n) is 2.69. The molecule has 4 rings (SSSR count). The van der Waals surface area contributed by atoms with Gasteiger partial charge < -0.3 is 10.1 Å². The number of benzene rings is 1. The van der Waals surface area contributed by atoms with E-state index < -0.39 is 0 Å². The highest BCUT2D eigenvalue weighted by Gasteiger charge is 2.15. The fraction of sp³-hybridized carbons (Fsp3) is 0.235. The van der Waals surface area contributed by atoms with Gasteiger partial charge in [0, 0.05) is 36.5 Å². The van der Waals surface area contributed by atoms with Crippen LogP contribution in [0.3, 0.4) is 0 Å². The third-order valence-electron chi connectivity index (χ3n) is 3.92. The quantitative estimate of drug-likeness (QED) is 0.748. The number of nitrogens with zero attached hydrogens (tertiary/aromatic N) is 2. The van der Waals surface area contributed by atoms with Crippen molar-refractivity contribution in [3.05, 3.63) is 52.1 Å². The van der Waals surface area contributed by atoms with Crippen molar-refractivity contribution in [2.24, 2.45) is 0 Å². The van der Waals surface area contributed by atoms with Crippen molar-refractivity contribution in [3.63, 3.8) is 0 Å². The number of H-pyrrole nitrogens is 1. The molecule has 1 amide bonds. The summed E-state index contributed by atoms with van der Waals surface area (Å²) in [5.41, 5.74) is 3.39. The second-order valence-corrected chi connectivity index (χ2v) is 6.50. The Morgan fingerprint density at radius 1 is 1.38 bits per heavy atom. The Balaban J connectivity index is 1.41. The highest BCUT2D eigenvalue weighted by Crippen LogP contribution is 2.29. The lowest BCUT2D eigenvalue weighted by Gasteiger charge is -2.01. The molecule has 24 heavy (non-hydrogen) atoms. The van der Waals surface area contributed by atoms with Crippen molar-refractivity contribution in [1.29, 1.82) is 0 Å². The number of nitrogens with one attached hydrogen (secondary N) is 2. The van der Waals surface area contributed by atoms with Gasteiger partial charge in [0.1, 0.15) is 11.4 Å². The number of ether oxygens (including phenoxy) is 1. The third kappa shape index (κ3) is 3.03. The molecule has 3 aromatic rings. The molecule has 0 bridgehead atoms. The summed E-state index contributed by atoms with van der Waals surface area (Å²) in [7, 11) is 0. The summed E-state index contributed by atoms with van der Waals surface area (Å²) >= 11 is 1.59. The number of amides is 1. The molecule has 0 fully saturated rings. The van der Waals surface area contributed by atoms with E-state index >= 15 is 0 Å². The normalized spacial score (nSPS) is 12.7. The molecule has 1 aromatic carbocycles. The first-order valence-corrected chi connectivity index (χ1v) is 8.65. The second kappa shape index (κ2) is 6.45. The van der Waals surface area contributed by atoms with Gasteiger partial charge in [0.05, 0.1) is 17.3 Å². The lowest BCUT2D eigenvalue weighted by Crippen LogP contribution is -2.25. The van der Waals surface area contributed by atoms with Crippen molar-refractivity contribution in [3.8, 4) is 17.0 Å². The maximum absolute atomic E-state index is 12.2. The smallest absolute Gasteiger partial charge is 0.269 e. The van der Waals surface area contributed by atoms with Gasteiger partial charge in [-0.15, -0.1) is 11.3 Å². The SMILES string of the molecule is O=C(NCCc1nccs1)c1cc(-c2ccc3c(c2)CCO3)n[nH]1. The van der Waals surface area contributed by atoms with Crippen molar-refractivity contribution in [2.45, 2.75) is 12.8 Å². The van der Waals surface area contributed by atoms with E-state index in [1.807, 2.05) is 17.5 Å². The van der Waals surface area contributed by atoms with E-state index in [0.29, 0.717) is 12.2 Å². The van der Waals surface area contributed by atoms with Gasteiger partial charge in [-0.1, -0.05) is 0 Å². The van der Waals surface area contributed by atoms with E-state index in [1.165, 1.54) is 5.56 Å². The van der Waals surface area contributed by atoms with Gasteiger partial charge in [-0.3, -0.25) is 9.89 Å². The lowest BCUT2D eigenvalue weighted by atomic mass is 10.1. The van der Waals surface area contributed by atoms with Gasteiger partial charge in [0.2, 0.25) is 0 Å². The molecule has 6 nitrogen and oxygen atoms in total. The predicted molar refractivity (Wildman–Crippen MR) is 91.4 cm³/mol. The Labute approximate surface area is 142 Å². The highest BCUT2D eigenvalue weighted by molar-refractivity contribution is 7.09. The largest absolute Gasteiger partial charge is 0.493 e. The highest BCUT2D eigenvalue weighted by atomic mass is 32.1. The molecule has 0 radical (unpaired) electrons. The molecule has 2 N–H and O–H groups in total. The van der Waals surface area contributed by atoms with E-state index in [4.69, 9.17) is 4.74 Å². The molecule has 0 saturated carbocycles. The molecule has 122 valence electrons. The first kappa shape index (κ1) is 14.9. The number of carbonyl (C=O) groups excluding carboxylic acids is 1. The summed E-state index contributed by atoms with van der Waals surface area (Å²) in [6.07, 6.45) is 3.41. The summed E-state index contributed by atoms with van der Waals surface area (Å²) in [5.74, 6) is 0.782. The van der Waals surface area contributed by atoms with Crippen LogP contribution < -0.4 is 10.1 Å². The Kier molecular flexibility index (Phi) is 4.00. The van der Waals surface area contributed by atoms with Gasteiger partial charge in [0.15, 0.2) is 0 Å². The Bertz CT molecular complexity index is 857. The fourth-order valence-corrected chi connectivity index (χ4v) is 3.31. The average Bonchev–Trinajstić information content (AvgIpc) is 3.34. The van der Waals surface area contributed by atoms with E-state index in [-0.39, 0.29) is 5.91 Å². The minimum Gasteiger partial charge on any atom is -0.493 e. The molecule has 0 unspecified atom stereocenters. The second-order valence-electron chi connectivity index (χ2n) is 5.52. The Morgan fingerprint density at radius 3 is 3.21 bits per heavy atom. The number of fused-ring (bicyclic) bond motifs is 1. The zero-order valence-corrected chi connectivity index (χ0v) is 13.7. The van der Waals surface area contributed by atoms with Gasteiger partial charge in [-0.2, -0.15) is 5.10 Å². The van der Waals surface area contributed by atoms with Crippen LogP contribution in [0.15, 0.2) is 35.8 Å². The molecule has 0 saturated heterocycles. The number of aromatic amines is 1. The molecule has 1 aliphatic rings. The minimum absolute atomic E-state index is 0.158. The maximum Gasteiger partial charge on any atom is 0.269 e.